The molecule has 0 saturated carbocycles. The zero-order valence-electron chi connectivity index (χ0n) is 22.2. The molecule has 1 aromatic heterocycles. The van der Waals surface area contributed by atoms with E-state index in [0.717, 1.165) is 12.2 Å². The molecule has 210 valence electrons. The molecule has 12 nitrogen and oxygen atoms in total. The van der Waals surface area contributed by atoms with E-state index in [0.29, 0.717) is 36.2 Å². The predicted octanol–water partition coefficient (Wildman–Crippen LogP) is 4.25. The molecule has 14 heteroatoms. The first-order valence-electron chi connectivity index (χ1n) is 12.2. The van der Waals surface area contributed by atoms with Crippen LogP contribution in [-0.2, 0) is 4.79 Å². The summed E-state index contributed by atoms with van der Waals surface area (Å²) in [5.74, 6) is 1.96. The van der Waals surface area contributed by atoms with Crippen LogP contribution in [0.1, 0.15) is 0 Å². The van der Waals surface area contributed by atoms with E-state index in [2.05, 4.69) is 20.6 Å². The third kappa shape index (κ3) is 5.25. The number of halogens is 2. The molecular weight excluding hydrogens is 561 g/mol. The minimum atomic E-state index is -0.558. The standard InChI is InChI=1S/C26H27Cl2N7O5/c1-33-10-15-12-40-17-7-14(5-6-16(17)35(15)22(36)11-33)31-20-9-21(30-13-29-20)34(2)26(37)32-25-23(27)18(38-3)8-19(39-4)24(25)28/h5-9,13,15H,10-12H2,1-4H3,(H,32,37)(H,29,30,31)/t15-/m1/s1. The monoisotopic (exact) mass is 587 g/mol. The van der Waals surface area contributed by atoms with Crippen molar-refractivity contribution in [2.24, 2.45) is 0 Å². The first-order chi connectivity index (χ1) is 19.2. The number of piperazine rings is 1. The number of aromatic nitrogens is 2. The maximum absolute atomic E-state index is 13.1. The van der Waals surface area contributed by atoms with Gasteiger partial charge < -0.3 is 29.7 Å². The number of hydrogen-bond donors (Lipinski definition) is 2. The van der Waals surface area contributed by atoms with Crippen molar-refractivity contribution in [3.63, 3.8) is 0 Å². The van der Waals surface area contributed by atoms with Gasteiger partial charge in [0, 0.05) is 37.5 Å². The summed E-state index contributed by atoms with van der Waals surface area (Å²) >= 11 is 12.8. The van der Waals surface area contributed by atoms with Crippen LogP contribution in [0.25, 0.3) is 0 Å². The first-order valence-corrected chi connectivity index (χ1v) is 13.0. The van der Waals surface area contributed by atoms with Gasteiger partial charge in [0.25, 0.3) is 0 Å². The molecule has 0 bridgehead atoms. The van der Waals surface area contributed by atoms with Crippen molar-refractivity contribution >= 4 is 63.8 Å². The van der Waals surface area contributed by atoms with E-state index < -0.39 is 6.03 Å². The van der Waals surface area contributed by atoms with Crippen molar-refractivity contribution in [3.05, 3.63) is 46.7 Å². The van der Waals surface area contributed by atoms with Crippen LogP contribution in [0.4, 0.5) is 33.5 Å². The number of likely N-dealkylation sites (N-methyl/N-ethyl adjacent to an activating group) is 1. The Morgan fingerprint density at radius 3 is 2.55 bits per heavy atom. The second-order valence-corrected chi connectivity index (χ2v) is 10.0. The van der Waals surface area contributed by atoms with Gasteiger partial charge in [0.1, 0.15) is 51.9 Å². The highest BCUT2D eigenvalue weighted by Gasteiger charge is 2.37. The predicted molar refractivity (Wildman–Crippen MR) is 153 cm³/mol. The fraction of sp³-hybridized carbons (Fsp3) is 0.308. The van der Waals surface area contributed by atoms with Gasteiger partial charge in [0.2, 0.25) is 5.91 Å². The summed E-state index contributed by atoms with van der Waals surface area (Å²) in [6.45, 7) is 1.53. The van der Waals surface area contributed by atoms with Gasteiger partial charge in [0.05, 0.1) is 38.2 Å². The summed E-state index contributed by atoms with van der Waals surface area (Å²) in [5, 5.41) is 6.14. The van der Waals surface area contributed by atoms with Gasteiger partial charge in [0.15, 0.2) is 0 Å². The maximum Gasteiger partial charge on any atom is 0.327 e. The molecule has 0 spiro atoms. The molecule has 0 radical (unpaired) electrons. The van der Waals surface area contributed by atoms with E-state index in [1.54, 1.807) is 6.07 Å². The normalized spacial score (nSPS) is 16.4. The maximum atomic E-state index is 13.1. The highest BCUT2D eigenvalue weighted by molar-refractivity contribution is 6.41. The number of urea groups is 1. The summed E-state index contributed by atoms with van der Waals surface area (Å²) in [6, 6.07) is 8.06. The number of carbonyl (C=O) groups excluding carboxylic acids is 2. The van der Waals surface area contributed by atoms with Crippen molar-refractivity contribution in [1.82, 2.24) is 14.9 Å². The highest BCUT2D eigenvalue weighted by Crippen LogP contribution is 2.44. The lowest BCUT2D eigenvalue weighted by Crippen LogP contribution is -2.59. The van der Waals surface area contributed by atoms with E-state index in [-0.39, 0.29) is 39.2 Å². The van der Waals surface area contributed by atoms with Crippen LogP contribution >= 0.6 is 23.2 Å². The van der Waals surface area contributed by atoms with Gasteiger partial charge in [-0.25, -0.2) is 14.8 Å². The third-order valence-electron chi connectivity index (χ3n) is 6.59. The molecule has 2 aliphatic heterocycles. The number of fused-ring (bicyclic) bond motifs is 3. The number of rotatable bonds is 6. The molecular formula is C26H27Cl2N7O5. The van der Waals surface area contributed by atoms with E-state index >= 15 is 0 Å². The van der Waals surface area contributed by atoms with Crippen molar-refractivity contribution < 1.29 is 23.8 Å². The smallest absolute Gasteiger partial charge is 0.327 e. The number of methoxy groups -OCH3 is 2. The number of anilines is 5. The first kappa shape index (κ1) is 27.6. The van der Waals surface area contributed by atoms with Crippen LogP contribution in [-0.4, -0.2) is 80.9 Å². The van der Waals surface area contributed by atoms with Gasteiger partial charge in [-0.15, -0.1) is 0 Å². The fourth-order valence-electron chi connectivity index (χ4n) is 4.60. The number of carbonyl (C=O) groups is 2. The molecule has 5 rings (SSSR count). The van der Waals surface area contributed by atoms with Crippen molar-refractivity contribution in [2.45, 2.75) is 6.04 Å². The summed E-state index contributed by atoms with van der Waals surface area (Å²) in [5.41, 5.74) is 1.57. The van der Waals surface area contributed by atoms with E-state index in [1.807, 2.05) is 35.0 Å². The van der Waals surface area contributed by atoms with Crippen molar-refractivity contribution in [1.29, 1.82) is 0 Å². The van der Waals surface area contributed by atoms with Gasteiger partial charge in [-0.3, -0.25) is 14.6 Å². The Morgan fingerprint density at radius 1 is 1.12 bits per heavy atom. The third-order valence-corrected chi connectivity index (χ3v) is 7.34. The molecule has 3 heterocycles. The molecule has 3 aromatic rings. The van der Waals surface area contributed by atoms with Crippen LogP contribution in [0.15, 0.2) is 36.7 Å². The van der Waals surface area contributed by atoms with Crippen LogP contribution in [0.2, 0.25) is 10.0 Å². The topological polar surface area (TPSA) is 121 Å². The number of nitrogens with one attached hydrogen (secondary N) is 2. The zero-order chi connectivity index (χ0) is 28.6. The number of amides is 3. The molecule has 3 amide bonds. The van der Waals surface area contributed by atoms with E-state index in [1.165, 1.54) is 38.6 Å². The second-order valence-electron chi connectivity index (χ2n) is 9.27. The van der Waals surface area contributed by atoms with Crippen molar-refractivity contribution in [2.75, 3.05) is 68.4 Å². The summed E-state index contributed by atoms with van der Waals surface area (Å²) < 4.78 is 16.5. The molecule has 40 heavy (non-hydrogen) atoms. The molecule has 1 saturated heterocycles. The van der Waals surface area contributed by atoms with Crippen LogP contribution in [0.3, 0.4) is 0 Å². The average Bonchev–Trinajstić information content (AvgIpc) is 2.94. The summed E-state index contributed by atoms with van der Waals surface area (Å²) in [7, 11) is 6.35. The number of hydrogen-bond acceptors (Lipinski definition) is 9. The van der Waals surface area contributed by atoms with E-state index in [9.17, 15) is 9.59 Å². The SMILES string of the molecule is COc1cc(OC)c(Cl)c(NC(=O)N(C)c2cc(Nc3ccc4c(c3)OC[C@H]3CN(C)CC(=O)N43)ncn2)c1Cl. The Kier molecular flexibility index (Phi) is 7.74. The largest absolute Gasteiger partial charge is 0.495 e. The van der Waals surface area contributed by atoms with E-state index in [4.69, 9.17) is 37.4 Å². The minimum absolute atomic E-state index is 0.0218. The lowest BCUT2D eigenvalue weighted by atomic mass is 10.1. The Balaban J connectivity index is 1.32. The highest BCUT2D eigenvalue weighted by atomic mass is 35.5. The molecule has 2 aromatic carbocycles. The molecule has 1 atom stereocenters. The van der Waals surface area contributed by atoms with Gasteiger partial charge in [-0.1, -0.05) is 23.2 Å². The number of benzene rings is 2. The zero-order valence-corrected chi connectivity index (χ0v) is 23.7. The fourth-order valence-corrected chi connectivity index (χ4v) is 5.20. The molecule has 0 aliphatic carbocycles. The van der Waals surface area contributed by atoms with Gasteiger partial charge in [-0.05, 0) is 19.2 Å². The lowest BCUT2D eigenvalue weighted by Gasteiger charge is -2.43. The minimum Gasteiger partial charge on any atom is -0.495 e. The van der Waals surface area contributed by atoms with Crippen LogP contribution in [0.5, 0.6) is 17.2 Å². The molecule has 0 unspecified atom stereocenters. The second kappa shape index (κ2) is 11.2. The Labute approximate surface area is 240 Å². The number of ether oxygens (including phenoxy) is 3. The van der Waals surface area contributed by atoms with Crippen molar-refractivity contribution in [3.8, 4) is 17.2 Å². The van der Waals surface area contributed by atoms with Crippen LogP contribution < -0.4 is 34.6 Å². The summed E-state index contributed by atoms with van der Waals surface area (Å²) in [6.07, 6.45) is 1.33. The summed E-state index contributed by atoms with van der Waals surface area (Å²) in [4.78, 5) is 39.3. The van der Waals surface area contributed by atoms with Crippen LogP contribution in [0, 0.1) is 0 Å². The molecule has 1 fully saturated rings. The average molecular weight is 588 g/mol. The number of nitrogens with zero attached hydrogens (tertiary/aromatic N) is 5. The Hall–Kier alpha value is -4.00. The Bertz CT molecular complexity index is 1450. The van der Waals surface area contributed by atoms with Gasteiger partial charge in [-0.2, -0.15) is 0 Å². The lowest BCUT2D eigenvalue weighted by molar-refractivity contribution is -0.122. The Morgan fingerprint density at radius 2 is 1.85 bits per heavy atom. The molecule has 2 N–H and O–H groups in total. The molecule has 2 aliphatic rings. The van der Waals surface area contributed by atoms with Gasteiger partial charge >= 0.3 is 6.03 Å². The quantitative estimate of drug-likeness (QED) is 0.435.